The topological polar surface area (TPSA) is 84.9 Å². The SMILES string of the molecule is COC(=O)C(Cc1ccc(OC)cc1)NC(=O)C1CCN(C(=O)C=Cc2ccc(SC)c(Cl)c2Cl)CC1. The molecular weight excluding hydrogens is 535 g/mol. The fraction of sp³-hybridized carbons (Fsp3) is 0.370. The summed E-state index contributed by atoms with van der Waals surface area (Å²) in [6, 6.07) is 10.2. The van der Waals surface area contributed by atoms with Crippen molar-refractivity contribution in [3.8, 4) is 5.75 Å². The lowest BCUT2D eigenvalue weighted by molar-refractivity contribution is -0.145. The smallest absolute Gasteiger partial charge is 0.328 e. The molecule has 37 heavy (non-hydrogen) atoms. The maximum absolute atomic E-state index is 12.9. The van der Waals surface area contributed by atoms with Gasteiger partial charge in [-0.3, -0.25) is 9.59 Å². The van der Waals surface area contributed by atoms with E-state index in [2.05, 4.69) is 5.32 Å². The van der Waals surface area contributed by atoms with Crippen LogP contribution in [0.3, 0.4) is 0 Å². The van der Waals surface area contributed by atoms with E-state index in [-0.39, 0.29) is 17.7 Å². The number of methoxy groups -OCH3 is 2. The van der Waals surface area contributed by atoms with Crippen LogP contribution in [0.1, 0.15) is 24.0 Å². The molecule has 0 radical (unpaired) electrons. The van der Waals surface area contributed by atoms with E-state index in [0.717, 1.165) is 10.5 Å². The monoisotopic (exact) mass is 564 g/mol. The fourth-order valence-corrected chi connectivity index (χ4v) is 5.26. The minimum atomic E-state index is -0.803. The maximum atomic E-state index is 12.9. The maximum Gasteiger partial charge on any atom is 0.328 e. The number of carbonyl (C=O) groups excluding carboxylic acids is 3. The lowest BCUT2D eigenvalue weighted by atomic mass is 9.95. The van der Waals surface area contributed by atoms with E-state index >= 15 is 0 Å². The Hall–Kier alpha value is -2.68. The van der Waals surface area contributed by atoms with Crippen LogP contribution in [0, 0.1) is 5.92 Å². The van der Waals surface area contributed by atoms with Gasteiger partial charge in [-0.2, -0.15) is 0 Å². The number of nitrogens with one attached hydrogen (secondary N) is 1. The molecule has 0 aromatic heterocycles. The van der Waals surface area contributed by atoms with Crippen molar-refractivity contribution in [2.45, 2.75) is 30.2 Å². The molecule has 2 amide bonds. The zero-order valence-corrected chi connectivity index (χ0v) is 23.3. The minimum absolute atomic E-state index is 0.160. The van der Waals surface area contributed by atoms with Crippen molar-refractivity contribution in [1.29, 1.82) is 0 Å². The molecule has 7 nitrogen and oxygen atoms in total. The molecule has 1 N–H and O–H groups in total. The lowest BCUT2D eigenvalue weighted by Gasteiger charge is -2.31. The van der Waals surface area contributed by atoms with E-state index in [4.69, 9.17) is 32.7 Å². The molecule has 0 saturated carbocycles. The van der Waals surface area contributed by atoms with Crippen LogP contribution in [0.4, 0.5) is 0 Å². The summed E-state index contributed by atoms with van der Waals surface area (Å²) in [5.41, 5.74) is 1.53. The van der Waals surface area contributed by atoms with E-state index in [1.165, 1.54) is 24.9 Å². The van der Waals surface area contributed by atoms with Crippen molar-refractivity contribution < 1.29 is 23.9 Å². The Kier molecular flexibility index (Phi) is 10.7. The molecule has 1 saturated heterocycles. The molecule has 2 aromatic rings. The predicted molar refractivity (Wildman–Crippen MR) is 147 cm³/mol. The molecule has 1 heterocycles. The fourth-order valence-electron chi connectivity index (χ4n) is 4.08. The first-order valence-electron chi connectivity index (χ1n) is 11.8. The number of amides is 2. The summed E-state index contributed by atoms with van der Waals surface area (Å²) in [5.74, 6) is -0.484. The van der Waals surface area contributed by atoms with Crippen molar-refractivity contribution in [3.63, 3.8) is 0 Å². The second-order valence-electron chi connectivity index (χ2n) is 8.55. The highest BCUT2D eigenvalue weighted by molar-refractivity contribution is 7.98. The highest BCUT2D eigenvalue weighted by Crippen LogP contribution is 2.35. The molecule has 10 heteroatoms. The molecule has 0 aliphatic carbocycles. The van der Waals surface area contributed by atoms with Crippen molar-refractivity contribution in [2.75, 3.05) is 33.6 Å². The van der Waals surface area contributed by atoms with E-state index in [1.54, 1.807) is 30.2 Å². The number of piperidine rings is 1. The number of benzene rings is 2. The minimum Gasteiger partial charge on any atom is -0.497 e. The highest BCUT2D eigenvalue weighted by atomic mass is 35.5. The van der Waals surface area contributed by atoms with Crippen LogP contribution in [0.15, 0.2) is 47.4 Å². The molecule has 1 aliphatic rings. The summed E-state index contributed by atoms with van der Waals surface area (Å²) >= 11 is 14.1. The van der Waals surface area contributed by atoms with Gasteiger partial charge in [0.1, 0.15) is 11.8 Å². The molecule has 2 aromatic carbocycles. The zero-order valence-electron chi connectivity index (χ0n) is 21.0. The number of ether oxygens (including phenoxy) is 2. The molecule has 0 spiro atoms. The Bertz CT molecular complexity index is 1150. The van der Waals surface area contributed by atoms with Gasteiger partial charge in [0.15, 0.2) is 0 Å². The van der Waals surface area contributed by atoms with Crippen molar-refractivity contribution >= 4 is 58.8 Å². The number of hydrogen-bond acceptors (Lipinski definition) is 6. The van der Waals surface area contributed by atoms with Crippen LogP contribution in [-0.2, 0) is 25.5 Å². The second-order valence-corrected chi connectivity index (χ2v) is 10.2. The summed E-state index contributed by atoms with van der Waals surface area (Å²) in [7, 11) is 2.88. The predicted octanol–water partition coefficient (Wildman–Crippen LogP) is 4.88. The third-order valence-corrected chi connectivity index (χ3v) is 8.07. The van der Waals surface area contributed by atoms with E-state index in [9.17, 15) is 14.4 Å². The van der Waals surface area contributed by atoms with Gasteiger partial charge in [0.05, 0.1) is 24.3 Å². The first-order valence-corrected chi connectivity index (χ1v) is 13.8. The normalized spacial score (nSPS) is 14.9. The molecule has 198 valence electrons. The summed E-state index contributed by atoms with van der Waals surface area (Å²) in [5, 5.41) is 3.71. The van der Waals surface area contributed by atoms with Crippen LogP contribution in [0.5, 0.6) is 5.75 Å². The first kappa shape index (κ1) is 28.9. The van der Waals surface area contributed by atoms with Crippen LogP contribution >= 0.6 is 35.0 Å². The highest BCUT2D eigenvalue weighted by Gasteiger charge is 2.30. The van der Waals surface area contributed by atoms with Gasteiger partial charge >= 0.3 is 5.97 Å². The second kappa shape index (κ2) is 13.7. The van der Waals surface area contributed by atoms with Gasteiger partial charge in [-0.15, -0.1) is 11.8 Å². The third-order valence-electron chi connectivity index (χ3n) is 6.28. The van der Waals surface area contributed by atoms with Crippen LogP contribution in [-0.4, -0.2) is 62.3 Å². The molecular formula is C27H30Cl2N2O5S. The van der Waals surface area contributed by atoms with E-state index in [1.807, 2.05) is 30.5 Å². The lowest BCUT2D eigenvalue weighted by Crippen LogP contribution is -2.48. The summed E-state index contributed by atoms with van der Waals surface area (Å²) in [6.45, 7) is 0.866. The Balaban J connectivity index is 1.55. The van der Waals surface area contributed by atoms with Crippen molar-refractivity contribution in [1.82, 2.24) is 10.2 Å². The van der Waals surface area contributed by atoms with Gasteiger partial charge in [0.25, 0.3) is 0 Å². The molecule has 0 bridgehead atoms. The number of hydrogen-bond donors (Lipinski definition) is 1. The Morgan fingerprint density at radius 1 is 1.08 bits per heavy atom. The number of halogens is 2. The number of esters is 1. The molecule has 3 rings (SSSR count). The zero-order chi connectivity index (χ0) is 26.9. The van der Waals surface area contributed by atoms with E-state index < -0.39 is 12.0 Å². The summed E-state index contributed by atoms with van der Waals surface area (Å²) in [4.78, 5) is 40.5. The molecule has 1 unspecified atom stereocenters. The van der Waals surface area contributed by atoms with Crippen molar-refractivity contribution in [3.05, 3.63) is 63.6 Å². The van der Waals surface area contributed by atoms with Gasteiger partial charge in [-0.25, -0.2) is 4.79 Å². The Labute approximate surface area is 231 Å². The largest absolute Gasteiger partial charge is 0.497 e. The van der Waals surface area contributed by atoms with Gasteiger partial charge in [-0.1, -0.05) is 41.4 Å². The Morgan fingerprint density at radius 3 is 2.35 bits per heavy atom. The summed E-state index contributed by atoms with van der Waals surface area (Å²) < 4.78 is 10.1. The van der Waals surface area contributed by atoms with Gasteiger partial charge < -0.3 is 19.7 Å². The number of carbonyl (C=O) groups is 3. The number of nitrogens with zero attached hydrogens (tertiary/aromatic N) is 1. The molecule has 1 atom stereocenters. The van der Waals surface area contributed by atoms with Crippen molar-refractivity contribution in [2.24, 2.45) is 5.92 Å². The third kappa shape index (κ3) is 7.66. The average molecular weight is 566 g/mol. The molecule has 1 fully saturated rings. The summed E-state index contributed by atoms with van der Waals surface area (Å²) in [6.07, 6.45) is 6.33. The average Bonchev–Trinajstić information content (AvgIpc) is 2.93. The van der Waals surface area contributed by atoms with Crippen LogP contribution < -0.4 is 10.1 Å². The van der Waals surface area contributed by atoms with E-state index in [0.29, 0.717) is 53.7 Å². The number of likely N-dealkylation sites (tertiary alicyclic amines) is 1. The quantitative estimate of drug-likeness (QED) is 0.265. The standard InChI is InChI=1S/C27H30Cl2N2O5S/c1-35-20-8-4-17(5-9-20)16-21(27(34)36-2)30-26(33)19-12-14-31(15-13-19)23(32)11-7-18-6-10-22(37-3)25(29)24(18)28/h4-11,19,21H,12-16H2,1-3H3,(H,30,33). The number of rotatable bonds is 9. The Morgan fingerprint density at radius 2 is 1.76 bits per heavy atom. The van der Waals surface area contributed by atoms with Crippen LogP contribution in [0.25, 0.3) is 6.08 Å². The van der Waals surface area contributed by atoms with Gasteiger partial charge in [0.2, 0.25) is 11.8 Å². The molecule has 1 aliphatic heterocycles. The first-order chi connectivity index (χ1) is 17.8. The van der Waals surface area contributed by atoms with Gasteiger partial charge in [0, 0.05) is 36.4 Å². The number of thioether (sulfide) groups is 1. The van der Waals surface area contributed by atoms with Crippen LogP contribution in [0.2, 0.25) is 10.0 Å². The van der Waals surface area contributed by atoms with Gasteiger partial charge in [-0.05, 0) is 54.5 Å².